The van der Waals surface area contributed by atoms with Crippen molar-refractivity contribution in [2.75, 3.05) is 32.2 Å². The van der Waals surface area contributed by atoms with E-state index in [2.05, 4.69) is 4.98 Å². The highest BCUT2D eigenvalue weighted by molar-refractivity contribution is 5.36. The zero-order valence-corrected chi connectivity index (χ0v) is 8.85. The number of halogens is 1. The number of methoxy groups -OCH3 is 1. The Morgan fingerprint density at radius 1 is 1.60 bits per heavy atom. The van der Waals surface area contributed by atoms with E-state index in [0.717, 1.165) is 0 Å². The third kappa shape index (κ3) is 3.81. The number of ether oxygens (including phenoxy) is 1. The average molecular weight is 214 g/mol. The predicted molar refractivity (Wildman–Crippen MR) is 55.3 cm³/mol. The van der Waals surface area contributed by atoms with E-state index in [1.165, 1.54) is 13.2 Å². The summed E-state index contributed by atoms with van der Waals surface area (Å²) in [7, 11) is 3.25. The molecular weight excluding hydrogens is 199 g/mol. The highest BCUT2D eigenvalue weighted by Gasteiger charge is 2.09. The molecule has 0 aromatic carbocycles. The Bertz CT molecular complexity index is 309. The number of nitrogens with zero attached hydrogens (tertiary/aromatic N) is 2. The molecule has 0 spiro atoms. The highest BCUT2D eigenvalue weighted by atomic mass is 19.1. The van der Waals surface area contributed by atoms with E-state index in [-0.39, 0.29) is 6.61 Å². The molecule has 0 bridgehead atoms. The van der Waals surface area contributed by atoms with Crippen molar-refractivity contribution in [3.05, 3.63) is 24.1 Å². The molecule has 0 radical (unpaired) electrons. The van der Waals surface area contributed by atoms with Crippen molar-refractivity contribution in [2.45, 2.75) is 6.10 Å². The zero-order valence-electron chi connectivity index (χ0n) is 8.85. The van der Waals surface area contributed by atoms with Crippen LogP contribution < -0.4 is 4.90 Å². The predicted octanol–water partition coefficient (Wildman–Crippen LogP) is 0.664. The lowest BCUT2D eigenvalue weighted by Crippen LogP contribution is -2.32. The first-order chi connectivity index (χ1) is 7.13. The molecule has 1 atom stereocenters. The third-order valence-electron chi connectivity index (χ3n) is 1.94. The fraction of sp³-hybridized carbons (Fsp3) is 0.500. The first kappa shape index (κ1) is 11.9. The Morgan fingerprint density at radius 3 is 2.93 bits per heavy atom. The van der Waals surface area contributed by atoms with Gasteiger partial charge in [0.1, 0.15) is 5.82 Å². The maximum Gasteiger partial charge on any atom is 0.214 e. The largest absolute Gasteiger partial charge is 0.389 e. The van der Waals surface area contributed by atoms with Crippen molar-refractivity contribution in [2.24, 2.45) is 0 Å². The molecule has 1 unspecified atom stereocenters. The maximum atomic E-state index is 12.8. The first-order valence-electron chi connectivity index (χ1n) is 4.64. The Balaban J connectivity index is 2.56. The van der Waals surface area contributed by atoms with Crippen molar-refractivity contribution in [3.8, 4) is 0 Å². The minimum Gasteiger partial charge on any atom is -0.389 e. The minimum absolute atomic E-state index is 0.250. The van der Waals surface area contributed by atoms with Crippen LogP contribution >= 0.6 is 0 Å². The van der Waals surface area contributed by atoms with Crippen molar-refractivity contribution >= 4 is 5.82 Å². The second-order valence-electron chi connectivity index (χ2n) is 3.31. The number of hydrogen-bond donors (Lipinski definition) is 1. The molecule has 1 heterocycles. The van der Waals surface area contributed by atoms with E-state index in [1.54, 1.807) is 24.1 Å². The van der Waals surface area contributed by atoms with Crippen LogP contribution in [0, 0.1) is 5.95 Å². The van der Waals surface area contributed by atoms with Gasteiger partial charge in [-0.2, -0.15) is 4.39 Å². The van der Waals surface area contributed by atoms with E-state index in [1.807, 2.05) is 0 Å². The van der Waals surface area contributed by atoms with Gasteiger partial charge in [-0.1, -0.05) is 6.07 Å². The van der Waals surface area contributed by atoms with Crippen molar-refractivity contribution in [1.29, 1.82) is 0 Å². The summed E-state index contributed by atoms with van der Waals surface area (Å²) in [6.45, 7) is 0.601. The molecular formula is C10H15FN2O2. The number of pyridine rings is 1. The summed E-state index contributed by atoms with van der Waals surface area (Å²) in [5.41, 5.74) is 0. The molecule has 0 aliphatic rings. The second-order valence-corrected chi connectivity index (χ2v) is 3.31. The van der Waals surface area contributed by atoms with E-state index >= 15 is 0 Å². The number of hydrogen-bond acceptors (Lipinski definition) is 4. The van der Waals surface area contributed by atoms with E-state index in [9.17, 15) is 9.50 Å². The van der Waals surface area contributed by atoms with Gasteiger partial charge >= 0.3 is 0 Å². The van der Waals surface area contributed by atoms with Crippen LogP contribution in [0.3, 0.4) is 0 Å². The quantitative estimate of drug-likeness (QED) is 0.731. The molecule has 1 aromatic heterocycles. The highest BCUT2D eigenvalue weighted by Crippen LogP contribution is 2.09. The number of anilines is 1. The molecule has 4 nitrogen and oxygen atoms in total. The molecule has 1 aromatic rings. The lowest BCUT2D eigenvalue weighted by Gasteiger charge is -2.21. The van der Waals surface area contributed by atoms with E-state index in [0.29, 0.717) is 12.4 Å². The van der Waals surface area contributed by atoms with Gasteiger partial charge in [-0.3, -0.25) is 0 Å². The summed E-state index contributed by atoms with van der Waals surface area (Å²) in [4.78, 5) is 5.37. The molecule has 0 fully saturated rings. The molecule has 1 rings (SSSR count). The van der Waals surface area contributed by atoms with Gasteiger partial charge in [-0.15, -0.1) is 0 Å². The summed E-state index contributed by atoms with van der Waals surface area (Å²) < 4.78 is 17.6. The SMILES string of the molecule is COCC(O)CN(C)c1cccc(F)n1. The minimum atomic E-state index is -0.606. The Kier molecular flexibility index (Phi) is 4.45. The molecule has 0 aliphatic heterocycles. The molecule has 5 heteroatoms. The van der Waals surface area contributed by atoms with Gasteiger partial charge in [-0.25, -0.2) is 4.98 Å². The monoisotopic (exact) mass is 214 g/mol. The molecule has 0 saturated carbocycles. The summed E-state index contributed by atoms with van der Waals surface area (Å²) >= 11 is 0. The lowest BCUT2D eigenvalue weighted by atomic mass is 10.3. The molecule has 0 amide bonds. The van der Waals surface area contributed by atoms with Crippen LogP contribution in [-0.4, -0.2) is 43.5 Å². The summed E-state index contributed by atoms with van der Waals surface area (Å²) in [6.07, 6.45) is -0.606. The zero-order chi connectivity index (χ0) is 11.3. The van der Waals surface area contributed by atoms with Crippen molar-refractivity contribution in [1.82, 2.24) is 4.98 Å². The van der Waals surface area contributed by atoms with E-state index < -0.39 is 12.1 Å². The van der Waals surface area contributed by atoms with Gasteiger partial charge in [-0.05, 0) is 12.1 Å². The van der Waals surface area contributed by atoms with Gasteiger partial charge in [0.2, 0.25) is 5.95 Å². The lowest BCUT2D eigenvalue weighted by molar-refractivity contribution is 0.0694. The average Bonchev–Trinajstić information content (AvgIpc) is 2.18. The van der Waals surface area contributed by atoms with Crippen LogP contribution in [0.1, 0.15) is 0 Å². The Hall–Kier alpha value is -1.20. The van der Waals surface area contributed by atoms with Gasteiger partial charge < -0.3 is 14.7 Å². The Morgan fingerprint density at radius 2 is 2.33 bits per heavy atom. The van der Waals surface area contributed by atoms with Crippen LogP contribution in [0.15, 0.2) is 18.2 Å². The smallest absolute Gasteiger partial charge is 0.214 e. The third-order valence-corrected chi connectivity index (χ3v) is 1.94. The van der Waals surface area contributed by atoms with Gasteiger partial charge in [0.05, 0.1) is 12.7 Å². The number of likely N-dealkylation sites (N-methyl/N-ethyl adjacent to an activating group) is 1. The van der Waals surface area contributed by atoms with Crippen molar-refractivity contribution < 1.29 is 14.2 Å². The fourth-order valence-corrected chi connectivity index (χ4v) is 1.26. The molecule has 0 saturated heterocycles. The van der Waals surface area contributed by atoms with Gasteiger partial charge in [0.15, 0.2) is 0 Å². The van der Waals surface area contributed by atoms with Crippen LogP contribution in [0.5, 0.6) is 0 Å². The molecule has 1 N–H and O–H groups in total. The van der Waals surface area contributed by atoms with Crippen LogP contribution in [0.4, 0.5) is 10.2 Å². The molecule has 15 heavy (non-hydrogen) atoms. The number of aromatic nitrogens is 1. The van der Waals surface area contributed by atoms with Crippen LogP contribution in [0.25, 0.3) is 0 Å². The van der Waals surface area contributed by atoms with Gasteiger partial charge in [0.25, 0.3) is 0 Å². The normalized spacial score (nSPS) is 12.5. The summed E-state index contributed by atoms with van der Waals surface area (Å²) in [5, 5.41) is 9.46. The summed E-state index contributed by atoms with van der Waals surface area (Å²) in [5.74, 6) is -0.0364. The number of rotatable bonds is 5. The number of aliphatic hydroxyl groups is 1. The second kappa shape index (κ2) is 5.63. The van der Waals surface area contributed by atoms with Gasteiger partial charge in [0, 0.05) is 20.7 Å². The fourth-order valence-electron chi connectivity index (χ4n) is 1.26. The van der Waals surface area contributed by atoms with Crippen LogP contribution in [-0.2, 0) is 4.74 Å². The van der Waals surface area contributed by atoms with E-state index in [4.69, 9.17) is 4.74 Å². The Labute approximate surface area is 88.3 Å². The topological polar surface area (TPSA) is 45.6 Å². The number of aliphatic hydroxyl groups excluding tert-OH is 1. The van der Waals surface area contributed by atoms with Crippen LogP contribution in [0.2, 0.25) is 0 Å². The first-order valence-corrected chi connectivity index (χ1v) is 4.64. The standard InChI is InChI=1S/C10H15FN2O2/c1-13(6-8(14)7-15-2)10-5-3-4-9(11)12-10/h3-5,8,14H,6-7H2,1-2H3. The van der Waals surface area contributed by atoms with Crippen molar-refractivity contribution in [3.63, 3.8) is 0 Å². The maximum absolute atomic E-state index is 12.8. The molecule has 84 valence electrons. The summed E-state index contributed by atoms with van der Waals surface area (Å²) in [6, 6.07) is 4.54. The molecule has 0 aliphatic carbocycles.